The van der Waals surface area contributed by atoms with Crippen molar-refractivity contribution >= 4 is 29.6 Å². The van der Waals surface area contributed by atoms with Crippen molar-refractivity contribution in [2.45, 2.75) is 13.1 Å². The van der Waals surface area contributed by atoms with Crippen molar-refractivity contribution in [3.8, 4) is 0 Å². The van der Waals surface area contributed by atoms with Crippen molar-refractivity contribution in [3.05, 3.63) is 108 Å². The van der Waals surface area contributed by atoms with E-state index in [9.17, 15) is 4.79 Å². The summed E-state index contributed by atoms with van der Waals surface area (Å²) in [7, 11) is 0. The number of carbonyl (C=O) groups excluding carboxylic acids is 1. The largest absolute Gasteiger partial charge is 0.381 e. The molecule has 0 atom stereocenters. The van der Waals surface area contributed by atoms with Crippen LogP contribution in [0.5, 0.6) is 0 Å². The Morgan fingerprint density at radius 3 is 1.90 bits per heavy atom. The van der Waals surface area contributed by atoms with Gasteiger partial charge in [-0.05, 0) is 46.5 Å². The van der Waals surface area contributed by atoms with E-state index in [0.29, 0.717) is 13.1 Å². The summed E-state index contributed by atoms with van der Waals surface area (Å²) in [5, 5.41) is 9.13. The van der Waals surface area contributed by atoms with Crippen LogP contribution in [0.4, 0.5) is 16.2 Å². The average Bonchev–Trinajstić information content (AvgIpc) is 2.77. The van der Waals surface area contributed by atoms with Crippen LogP contribution in [0.3, 0.4) is 0 Å². The fraction of sp³-hybridized carbons (Fsp3) is 0.0800. The monoisotopic (exact) mass is 383 g/mol. The quantitative estimate of drug-likeness (QED) is 0.453. The molecular formula is C25H25N3O. The molecule has 4 heteroatoms. The Hall–Kier alpha value is -3.79. The molecule has 4 nitrogen and oxygen atoms in total. The lowest BCUT2D eigenvalue weighted by molar-refractivity contribution is 0.251. The van der Waals surface area contributed by atoms with Crippen LogP contribution in [-0.4, -0.2) is 6.03 Å². The number of nitrogens with one attached hydrogen (secondary N) is 3. The topological polar surface area (TPSA) is 53.2 Å². The Bertz CT molecular complexity index is 976. The first-order valence-corrected chi connectivity index (χ1v) is 9.48. The van der Waals surface area contributed by atoms with Gasteiger partial charge in [-0.3, -0.25) is 0 Å². The van der Waals surface area contributed by atoms with Crippen LogP contribution < -0.4 is 16.0 Å². The summed E-state index contributed by atoms with van der Waals surface area (Å²) in [4.78, 5) is 12.1. The van der Waals surface area contributed by atoms with E-state index in [1.165, 1.54) is 0 Å². The number of hydrogen-bond donors (Lipinski definition) is 3. The first-order chi connectivity index (χ1) is 14.2. The summed E-state index contributed by atoms with van der Waals surface area (Å²) in [6.07, 6.45) is 3.59. The van der Waals surface area contributed by atoms with Crippen molar-refractivity contribution in [2.75, 3.05) is 10.6 Å². The molecule has 3 aromatic rings. The summed E-state index contributed by atoms with van der Waals surface area (Å²) in [5.41, 5.74) is 6.10. The molecule has 0 radical (unpaired) electrons. The van der Waals surface area contributed by atoms with E-state index in [2.05, 4.69) is 41.2 Å². The number of carbonyl (C=O) groups is 1. The maximum Gasteiger partial charge on any atom is 0.319 e. The zero-order chi connectivity index (χ0) is 20.5. The second-order valence-electron chi connectivity index (χ2n) is 6.63. The molecule has 0 aromatic heterocycles. The normalized spacial score (nSPS) is 10.1. The first kappa shape index (κ1) is 20.0. The molecule has 0 bridgehead atoms. The molecular weight excluding hydrogens is 358 g/mol. The summed E-state index contributed by atoms with van der Waals surface area (Å²) in [6, 6.07) is 23.6. The van der Waals surface area contributed by atoms with E-state index in [1.807, 2.05) is 66.7 Å². The van der Waals surface area contributed by atoms with Crippen molar-refractivity contribution < 1.29 is 4.79 Å². The average molecular weight is 383 g/mol. The Labute approximate surface area is 172 Å². The van der Waals surface area contributed by atoms with E-state index >= 15 is 0 Å². The third-order valence-electron chi connectivity index (χ3n) is 4.49. The maximum absolute atomic E-state index is 12.1. The fourth-order valence-electron chi connectivity index (χ4n) is 2.85. The van der Waals surface area contributed by atoms with Gasteiger partial charge in [0.25, 0.3) is 0 Å². The molecule has 0 saturated heterocycles. The number of anilines is 2. The molecule has 0 fully saturated rings. The van der Waals surface area contributed by atoms with Gasteiger partial charge in [-0.25, -0.2) is 4.79 Å². The SMILES string of the molecule is C=Cc1ccc(NCc2cccc(CNC(=O)Nc3ccc(C=C)cc3)c2)cc1. The molecule has 0 saturated carbocycles. The predicted molar refractivity (Wildman–Crippen MR) is 123 cm³/mol. The first-order valence-electron chi connectivity index (χ1n) is 9.48. The number of urea groups is 1. The Morgan fingerprint density at radius 2 is 1.31 bits per heavy atom. The van der Waals surface area contributed by atoms with E-state index in [0.717, 1.165) is 33.6 Å². The highest BCUT2D eigenvalue weighted by Crippen LogP contribution is 2.13. The number of benzene rings is 3. The fourth-order valence-corrected chi connectivity index (χ4v) is 2.85. The van der Waals surface area contributed by atoms with E-state index in [1.54, 1.807) is 6.08 Å². The van der Waals surface area contributed by atoms with Crippen molar-refractivity contribution in [1.82, 2.24) is 5.32 Å². The Kier molecular flexibility index (Phi) is 6.85. The van der Waals surface area contributed by atoms with Gasteiger partial charge in [-0.2, -0.15) is 0 Å². The van der Waals surface area contributed by atoms with Crippen LogP contribution in [0, 0.1) is 0 Å². The van der Waals surface area contributed by atoms with Gasteiger partial charge >= 0.3 is 6.03 Å². The van der Waals surface area contributed by atoms with Gasteiger partial charge in [0.2, 0.25) is 0 Å². The van der Waals surface area contributed by atoms with Gasteiger partial charge in [0, 0.05) is 24.5 Å². The van der Waals surface area contributed by atoms with Crippen LogP contribution in [0.2, 0.25) is 0 Å². The van der Waals surface area contributed by atoms with Crippen LogP contribution in [0.25, 0.3) is 12.2 Å². The lowest BCUT2D eigenvalue weighted by atomic mass is 10.1. The van der Waals surface area contributed by atoms with Crippen molar-refractivity contribution in [1.29, 1.82) is 0 Å². The lowest BCUT2D eigenvalue weighted by Crippen LogP contribution is -2.28. The molecule has 0 aliphatic carbocycles. The van der Waals surface area contributed by atoms with Crippen LogP contribution in [0.15, 0.2) is 86.0 Å². The number of hydrogen-bond acceptors (Lipinski definition) is 2. The summed E-state index contributed by atoms with van der Waals surface area (Å²) in [5.74, 6) is 0. The minimum Gasteiger partial charge on any atom is -0.381 e. The Balaban J connectivity index is 1.50. The third kappa shape index (κ3) is 6.11. The van der Waals surface area contributed by atoms with Crippen LogP contribution in [-0.2, 0) is 13.1 Å². The minimum absolute atomic E-state index is 0.234. The molecule has 3 aromatic carbocycles. The molecule has 0 aliphatic rings. The van der Waals surface area contributed by atoms with Gasteiger partial charge in [0.15, 0.2) is 0 Å². The van der Waals surface area contributed by atoms with E-state index < -0.39 is 0 Å². The van der Waals surface area contributed by atoms with Crippen LogP contribution >= 0.6 is 0 Å². The molecule has 29 heavy (non-hydrogen) atoms. The highest BCUT2D eigenvalue weighted by Gasteiger charge is 2.03. The van der Waals surface area contributed by atoms with Gasteiger partial charge in [0.05, 0.1) is 0 Å². The summed E-state index contributed by atoms with van der Waals surface area (Å²) < 4.78 is 0. The highest BCUT2D eigenvalue weighted by atomic mass is 16.2. The Morgan fingerprint density at radius 1 is 0.759 bits per heavy atom. The third-order valence-corrected chi connectivity index (χ3v) is 4.49. The second kappa shape index (κ2) is 9.95. The molecule has 0 spiro atoms. The smallest absolute Gasteiger partial charge is 0.319 e. The minimum atomic E-state index is -0.234. The van der Waals surface area contributed by atoms with Crippen LogP contribution in [0.1, 0.15) is 22.3 Å². The lowest BCUT2D eigenvalue weighted by Gasteiger charge is -2.10. The zero-order valence-corrected chi connectivity index (χ0v) is 16.3. The number of rotatable bonds is 8. The summed E-state index contributed by atoms with van der Waals surface area (Å²) >= 11 is 0. The number of amides is 2. The van der Waals surface area contributed by atoms with E-state index in [4.69, 9.17) is 0 Å². The van der Waals surface area contributed by atoms with Gasteiger partial charge in [-0.1, -0.05) is 73.8 Å². The molecule has 146 valence electrons. The molecule has 0 aliphatic heterocycles. The predicted octanol–water partition coefficient (Wildman–Crippen LogP) is 5.91. The zero-order valence-electron chi connectivity index (χ0n) is 16.3. The molecule has 3 rings (SSSR count). The maximum atomic E-state index is 12.1. The molecule has 0 unspecified atom stereocenters. The highest BCUT2D eigenvalue weighted by molar-refractivity contribution is 5.89. The van der Waals surface area contributed by atoms with Gasteiger partial charge < -0.3 is 16.0 Å². The van der Waals surface area contributed by atoms with E-state index in [-0.39, 0.29) is 6.03 Å². The summed E-state index contributed by atoms with van der Waals surface area (Å²) in [6.45, 7) is 8.66. The molecule has 0 heterocycles. The van der Waals surface area contributed by atoms with Crippen molar-refractivity contribution in [2.24, 2.45) is 0 Å². The van der Waals surface area contributed by atoms with Gasteiger partial charge in [0.1, 0.15) is 0 Å². The molecule has 3 N–H and O–H groups in total. The standard InChI is InChI=1S/C25H25N3O/c1-3-19-8-12-23(13-9-19)26-17-21-6-5-7-22(16-21)18-27-25(29)28-24-14-10-20(4-2)11-15-24/h3-16,26H,1-2,17-18H2,(H2,27,28,29). The second-order valence-corrected chi connectivity index (χ2v) is 6.63. The molecule has 2 amide bonds. The van der Waals surface area contributed by atoms with Crippen molar-refractivity contribution in [3.63, 3.8) is 0 Å². The van der Waals surface area contributed by atoms with Gasteiger partial charge in [-0.15, -0.1) is 0 Å².